The fourth-order valence-electron chi connectivity index (χ4n) is 4.47. The molecule has 4 nitrogen and oxygen atoms in total. The van der Waals surface area contributed by atoms with E-state index in [-0.39, 0.29) is 24.7 Å². The van der Waals surface area contributed by atoms with Crippen LogP contribution in [0, 0.1) is 0 Å². The third-order valence-corrected chi connectivity index (χ3v) is 6.06. The van der Waals surface area contributed by atoms with Crippen molar-refractivity contribution in [1.82, 2.24) is 4.90 Å². The van der Waals surface area contributed by atoms with Gasteiger partial charge in [0.15, 0.2) is 0 Å². The van der Waals surface area contributed by atoms with E-state index in [0.29, 0.717) is 12.1 Å². The predicted molar refractivity (Wildman–Crippen MR) is 135 cm³/mol. The summed E-state index contributed by atoms with van der Waals surface area (Å²) in [7, 11) is 0. The molecule has 2 unspecified atom stereocenters. The Hall–Kier alpha value is -4.18. The average molecular weight is 447 g/mol. The first-order valence-electron chi connectivity index (χ1n) is 11.5. The monoisotopic (exact) mass is 446 g/mol. The number of ether oxygens (including phenoxy) is 1. The third-order valence-electron chi connectivity index (χ3n) is 6.06. The fourth-order valence-corrected chi connectivity index (χ4v) is 4.47. The standard InChI is InChI=1S/C30H26N2O2/c33-30(26-19-11-4-12-20-26)34-22-21-32-28(24-15-7-2-8-16-24)27(23-13-5-1-6-14-23)31-29(32)25-17-9-3-10-18-25/h1-20,27-28H,21-22H2. The molecule has 0 spiro atoms. The van der Waals surface area contributed by atoms with E-state index < -0.39 is 0 Å². The summed E-state index contributed by atoms with van der Waals surface area (Å²) < 4.78 is 5.66. The lowest BCUT2D eigenvalue weighted by Crippen LogP contribution is -2.35. The fraction of sp³-hybridized carbons (Fsp3) is 0.133. The van der Waals surface area contributed by atoms with Crippen molar-refractivity contribution in [3.05, 3.63) is 144 Å². The van der Waals surface area contributed by atoms with Crippen LogP contribution in [0.25, 0.3) is 0 Å². The van der Waals surface area contributed by atoms with Crippen LogP contribution < -0.4 is 0 Å². The Morgan fingerprint density at radius 3 is 1.85 bits per heavy atom. The molecule has 0 radical (unpaired) electrons. The Balaban J connectivity index is 1.47. The molecule has 0 fully saturated rings. The lowest BCUT2D eigenvalue weighted by Gasteiger charge is -2.31. The molecule has 0 aliphatic carbocycles. The molecule has 1 aliphatic heterocycles. The molecule has 0 N–H and O–H groups in total. The molecule has 4 aromatic rings. The topological polar surface area (TPSA) is 41.9 Å². The molecular weight excluding hydrogens is 420 g/mol. The van der Waals surface area contributed by atoms with Gasteiger partial charge in [-0.05, 0) is 23.3 Å². The molecule has 34 heavy (non-hydrogen) atoms. The van der Waals surface area contributed by atoms with E-state index in [2.05, 4.69) is 65.6 Å². The molecular formula is C30H26N2O2. The second-order valence-corrected chi connectivity index (χ2v) is 8.23. The van der Waals surface area contributed by atoms with E-state index in [1.807, 2.05) is 48.5 Å². The van der Waals surface area contributed by atoms with Crippen molar-refractivity contribution in [3.63, 3.8) is 0 Å². The molecule has 1 heterocycles. The second kappa shape index (κ2) is 10.2. The highest BCUT2D eigenvalue weighted by Gasteiger charge is 2.38. The largest absolute Gasteiger partial charge is 0.460 e. The van der Waals surface area contributed by atoms with Gasteiger partial charge in [0.2, 0.25) is 0 Å². The van der Waals surface area contributed by atoms with E-state index in [1.54, 1.807) is 12.1 Å². The van der Waals surface area contributed by atoms with Crippen LogP contribution in [0.3, 0.4) is 0 Å². The number of esters is 1. The number of rotatable bonds is 7. The van der Waals surface area contributed by atoms with E-state index >= 15 is 0 Å². The van der Waals surface area contributed by atoms with Crippen LogP contribution in [0.4, 0.5) is 0 Å². The molecule has 0 bridgehead atoms. The minimum Gasteiger partial charge on any atom is -0.460 e. The molecule has 0 aromatic heterocycles. The van der Waals surface area contributed by atoms with Gasteiger partial charge in [-0.15, -0.1) is 0 Å². The first-order valence-corrected chi connectivity index (χ1v) is 11.5. The van der Waals surface area contributed by atoms with Gasteiger partial charge in [-0.3, -0.25) is 4.99 Å². The molecule has 4 heteroatoms. The van der Waals surface area contributed by atoms with Gasteiger partial charge in [-0.25, -0.2) is 4.79 Å². The quantitative estimate of drug-likeness (QED) is 0.323. The predicted octanol–water partition coefficient (Wildman–Crippen LogP) is 6.09. The summed E-state index contributed by atoms with van der Waals surface area (Å²) in [4.78, 5) is 20.0. The SMILES string of the molecule is O=C(OCCN1C(c2ccccc2)=NC(c2ccccc2)C1c1ccccc1)c1ccccc1. The van der Waals surface area contributed by atoms with E-state index in [4.69, 9.17) is 9.73 Å². The number of hydrogen-bond donors (Lipinski definition) is 0. The highest BCUT2D eigenvalue weighted by Crippen LogP contribution is 2.43. The Kier molecular flexibility index (Phi) is 6.48. The van der Waals surface area contributed by atoms with Gasteiger partial charge in [0.25, 0.3) is 0 Å². The zero-order valence-corrected chi connectivity index (χ0v) is 18.8. The molecule has 2 atom stereocenters. The van der Waals surface area contributed by atoms with Crippen LogP contribution in [0.15, 0.2) is 126 Å². The average Bonchev–Trinajstić information content (AvgIpc) is 3.30. The summed E-state index contributed by atoms with van der Waals surface area (Å²) in [6.07, 6.45) is 0. The van der Waals surface area contributed by atoms with Gasteiger partial charge < -0.3 is 9.64 Å². The zero-order chi connectivity index (χ0) is 23.2. The first kappa shape index (κ1) is 21.7. The Morgan fingerprint density at radius 1 is 0.706 bits per heavy atom. The van der Waals surface area contributed by atoms with Gasteiger partial charge >= 0.3 is 5.97 Å². The van der Waals surface area contributed by atoms with Crippen molar-refractivity contribution >= 4 is 11.8 Å². The number of hydrogen-bond acceptors (Lipinski definition) is 4. The van der Waals surface area contributed by atoms with Crippen molar-refractivity contribution in [2.45, 2.75) is 12.1 Å². The number of aliphatic imine (C=N–C) groups is 1. The number of carbonyl (C=O) groups excluding carboxylic acids is 1. The summed E-state index contributed by atoms with van der Waals surface area (Å²) in [5, 5.41) is 0. The summed E-state index contributed by atoms with van der Waals surface area (Å²) in [6, 6.07) is 40.1. The van der Waals surface area contributed by atoms with Gasteiger partial charge in [-0.2, -0.15) is 0 Å². The Labute approximate surface area is 200 Å². The van der Waals surface area contributed by atoms with Crippen LogP contribution in [0.5, 0.6) is 0 Å². The maximum Gasteiger partial charge on any atom is 0.338 e. The molecule has 4 aromatic carbocycles. The maximum atomic E-state index is 12.5. The van der Waals surface area contributed by atoms with E-state index in [1.165, 1.54) is 5.56 Å². The molecule has 5 rings (SSSR count). The van der Waals surface area contributed by atoms with Crippen LogP contribution in [-0.4, -0.2) is 29.9 Å². The van der Waals surface area contributed by atoms with Gasteiger partial charge in [0, 0.05) is 5.56 Å². The van der Waals surface area contributed by atoms with Crippen molar-refractivity contribution < 1.29 is 9.53 Å². The summed E-state index contributed by atoms with van der Waals surface area (Å²) in [5.74, 6) is 0.605. The molecule has 0 saturated carbocycles. The van der Waals surface area contributed by atoms with Crippen molar-refractivity contribution in [3.8, 4) is 0 Å². The Morgan fingerprint density at radius 2 is 1.24 bits per heavy atom. The molecule has 0 saturated heterocycles. The second-order valence-electron chi connectivity index (χ2n) is 8.23. The van der Waals surface area contributed by atoms with Gasteiger partial charge in [0.1, 0.15) is 18.5 Å². The number of carbonyl (C=O) groups is 1. The normalized spacial score (nSPS) is 17.3. The van der Waals surface area contributed by atoms with Gasteiger partial charge in [0.05, 0.1) is 18.2 Å². The van der Waals surface area contributed by atoms with Crippen LogP contribution in [0.1, 0.15) is 39.1 Å². The number of amidine groups is 1. The van der Waals surface area contributed by atoms with Crippen LogP contribution >= 0.6 is 0 Å². The Bertz CT molecular complexity index is 1240. The van der Waals surface area contributed by atoms with E-state index in [0.717, 1.165) is 17.0 Å². The van der Waals surface area contributed by atoms with E-state index in [9.17, 15) is 4.79 Å². The van der Waals surface area contributed by atoms with Crippen molar-refractivity contribution in [1.29, 1.82) is 0 Å². The highest BCUT2D eigenvalue weighted by atomic mass is 16.5. The van der Waals surface area contributed by atoms with Crippen molar-refractivity contribution in [2.75, 3.05) is 13.2 Å². The molecule has 1 aliphatic rings. The zero-order valence-electron chi connectivity index (χ0n) is 18.8. The molecule has 0 amide bonds. The summed E-state index contributed by atoms with van der Waals surface area (Å²) in [5.41, 5.74) is 3.95. The minimum absolute atomic E-state index is 0.00534. The highest BCUT2D eigenvalue weighted by molar-refractivity contribution is 6.00. The number of nitrogens with zero attached hydrogens (tertiary/aromatic N) is 2. The minimum atomic E-state index is -0.311. The van der Waals surface area contributed by atoms with Crippen LogP contribution in [-0.2, 0) is 4.74 Å². The lowest BCUT2D eigenvalue weighted by atomic mass is 9.93. The first-order chi connectivity index (χ1) is 16.8. The maximum absolute atomic E-state index is 12.5. The third kappa shape index (κ3) is 4.62. The summed E-state index contributed by atoms with van der Waals surface area (Å²) >= 11 is 0. The smallest absolute Gasteiger partial charge is 0.338 e. The number of benzene rings is 4. The van der Waals surface area contributed by atoms with Crippen LogP contribution in [0.2, 0.25) is 0 Å². The van der Waals surface area contributed by atoms with Gasteiger partial charge in [-0.1, -0.05) is 109 Å². The summed E-state index contributed by atoms with van der Waals surface area (Å²) in [6.45, 7) is 0.805. The lowest BCUT2D eigenvalue weighted by molar-refractivity contribution is 0.0476. The van der Waals surface area contributed by atoms with Crippen molar-refractivity contribution in [2.24, 2.45) is 4.99 Å². The molecule has 168 valence electrons.